The number of rotatable bonds is 11. The molecule has 3 N–H and O–H groups in total. The Hall–Kier alpha value is -2.22. The third-order valence-electron chi connectivity index (χ3n) is 4.87. The minimum absolute atomic E-state index is 0.0973. The zero-order chi connectivity index (χ0) is 21.4. The number of carboxylic acid groups (broad SMARTS) is 2. The molecule has 1 unspecified atom stereocenters. The summed E-state index contributed by atoms with van der Waals surface area (Å²) in [6, 6.07) is 8.90. The van der Waals surface area contributed by atoms with Crippen molar-refractivity contribution in [2.24, 2.45) is 5.92 Å². The summed E-state index contributed by atoms with van der Waals surface area (Å²) >= 11 is 0. The molecule has 160 valence electrons. The summed E-state index contributed by atoms with van der Waals surface area (Å²) in [4.78, 5) is 46.1. The number of carbonyl (C=O) groups is 3. The Morgan fingerprint density at radius 2 is 1.90 bits per heavy atom. The summed E-state index contributed by atoms with van der Waals surface area (Å²) in [7, 11) is -4.25. The third kappa shape index (κ3) is 7.61. The molecule has 2 rings (SSSR count). The maximum atomic E-state index is 12.6. The highest BCUT2D eigenvalue weighted by Crippen LogP contribution is 2.45. The predicted octanol–water partition coefficient (Wildman–Crippen LogP) is 1.99. The summed E-state index contributed by atoms with van der Waals surface area (Å²) in [5.41, 5.74) is 0.875. The Bertz CT molecular complexity index is 769. The average Bonchev–Trinajstić information content (AvgIpc) is 3.13. The van der Waals surface area contributed by atoms with E-state index in [1.54, 1.807) is 4.90 Å². The first-order valence-electron chi connectivity index (χ1n) is 9.42. The second-order valence-corrected chi connectivity index (χ2v) is 9.03. The van der Waals surface area contributed by atoms with Gasteiger partial charge >= 0.3 is 19.5 Å². The van der Waals surface area contributed by atoms with Crippen LogP contribution in [0.15, 0.2) is 30.3 Å². The van der Waals surface area contributed by atoms with Crippen LogP contribution in [0, 0.1) is 5.92 Å². The molecule has 29 heavy (non-hydrogen) atoms. The zero-order valence-corrected chi connectivity index (χ0v) is 16.9. The van der Waals surface area contributed by atoms with Crippen LogP contribution in [0.1, 0.15) is 31.2 Å². The highest BCUT2D eigenvalue weighted by atomic mass is 31.2. The van der Waals surface area contributed by atoms with E-state index in [0.29, 0.717) is 13.0 Å². The molecule has 0 saturated carbocycles. The van der Waals surface area contributed by atoms with Crippen LogP contribution in [-0.2, 0) is 29.9 Å². The Kier molecular flexibility index (Phi) is 8.37. The quantitative estimate of drug-likeness (QED) is 0.455. The monoisotopic (exact) mass is 427 g/mol. The van der Waals surface area contributed by atoms with Gasteiger partial charge in [-0.25, -0.2) is 0 Å². The molecule has 0 aliphatic carbocycles. The predicted molar refractivity (Wildman–Crippen MR) is 104 cm³/mol. The maximum absolute atomic E-state index is 12.6. The van der Waals surface area contributed by atoms with Gasteiger partial charge in [0.2, 0.25) is 5.91 Å². The Morgan fingerprint density at radius 3 is 2.52 bits per heavy atom. The van der Waals surface area contributed by atoms with Crippen molar-refractivity contribution in [3.8, 4) is 0 Å². The van der Waals surface area contributed by atoms with E-state index in [4.69, 9.17) is 14.7 Å². The van der Waals surface area contributed by atoms with E-state index in [-0.39, 0.29) is 31.4 Å². The lowest BCUT2D eigenvalue weighted by molar-refractivity contribution is -0.142. The van der Waals surface area contributed by atoms with Gasteiger partial charge in [0, 0.05) is 13.0 Å². The minimum Gasteiger partial charge on any atom is -0.481 e. The van der Waals surface area contributed by atoms with Crippen LogP contribution < -0.4 is 0 Å². The lowest BCUT2D eigenvalue weighted by Gasteiger charge is -2.26. The van der Waals surface area contributed by atoms with Gasteiger partial charge in [-0.2, -0.15) is 0 Å². The molecule has 1 aromatic carbocycles. The van der Waals surface area contributed by atoms with E-state index < -0.39 is 38.0 Å². The molecule has 0 spiro atoms. The van der Waals surface area contributed by atoms with Crippen LogP contribution in [0.25, 0.3) is 0 Å². The fraction of sp³-hybridized carbons (Fsp3) is 0.526. The van der Waals surface area contributed by atoms with Crippen molar-refractivity contribution in [1.29, 1.82) is 0 Å². The van der Waals surface area contributed by atoms with Crippen LogP contribution >= 0.6 is 7.60 Å². The fourth-order valence-electron chi connectivity index (χ4n) is 3.33. The van der Waals surface area contributed by atoms with Crippen molar-refractivity contribution in [3.05, 3.63) is 35.9 Å². The lowest BCUT2D eigenvalue weighted by atomic mass is 10.1. The number of likely N-dealkylation sites (tertiary alicyclic amines) is 1. The molecule has 1 aliphatic heterocycles. The molecule has 1 fully saturated rings. The number of hydrogen-bond donors (Lipinski definition) is 3. The van der Waals surface area contributed by atoms with E-state index >= 15 is 0 Å². The highest BCUT2D eigenvalue weighted by molar-refractivity contribution is 7.52. The van der Waals surface area contributed by atoms with Crippen molar-refractivity contribution in [3.63, 3.8) is 0 Å². The van der Waals surface area contributed by atoms with Crippen LogP contribution in [0.3, 0.4) is 0 Å². The molecule has 0 bridgehead atoms. The number of amides is 1. The molecule has 1 aliphatic rings. The average molecular weight is 427 g/mol. The first-order valence-corrected chi connectivity index (χ1v) is 11.2. The van der Waals surface area contributed by atoms with Crippen molar-refractivity contribution in [2.75, 3.05) is 19.3 Å². The third-order valence-corrected chi connectivity index (χ3v) is 6.33. The number of nitrogens with zero attached hydrogens (tertiary/aromatic N) is 1. The Labute approximate surface area is 168 Å². The van der Waals surface area contributed by atoms with Gasteiger partial charge in [-0.3, -0.25) is 18.9 Å². The number of carbonyl (C=O) groups excluding carboxylic acids is 1. The summed E-state index contributed by atoms with van der Waals surface area (Å²) in [5.74, 6) is -3.91. The molecule has 9 nitrogen and oxygen atoms in total. The van der Waals surface area contributed by atoms with Gasteiger partial charge in [0.25, 0.3) is 0 Å². The van der Waals surface area contributed by atoms with Gasteiger partial charge in [-0.05, 0) is 24.8 Å². The van der Waals surface area contributed by atoms with E-state index in [1.807, 2.05) is 30.3 Å². The summed E-state index contributed by atoms with van der Waals surface area (Å²) < 4.78 is 17.5. The summed E-state index contributed by atoms with van der Waals surface area (Å²) in [6.07, 6.45) is 0.262. The molecular weight excluding hydrogens is 401 g/mol. The van der Waals surface area contributed by atoms with E-state index in [0.717, 1.165) is 12.0 Å². The van der Waals surface area contributed by atoms with Gasteiger partial charge in [0.1, 0.15) is 0 Å². The van der Waals surface area contributed by atoms with Gasteiger partial charge in [0.05, 0.1) is 31.1 Å². The van der Waals surface area contributed by atoms with Crippen molar-refractivity contribution >= 4 is 25.4 Å². The van der Waals surface area contributed by atoms with E-state index in [1.165, 1.54) is 0 Å². The number of aliphatic carboxylic acids is 2. The molecule has 0 aromatic heterocycles. The van der Waals surface area contributed by atoms with Crippen LogP contribution in [0.5, 0.6) is 0 Å². The van der Waals surface area contributed by atoms with Crippen molar-refractivity contribution in [1.82, 2.24) is 4.90 Å². The topological polar surface area (TPSA) is 141 Å². The molecule has 1 saturated heterocycles. The highest BCUT2D eigenvalue weighted by Gasteiger charge is 2.34. The molecule has 10 heteroatoms. The minimum atomic E-state index is -4.25. The Balaban J connectivity index is 1.90. The van der Waals surface area contributed by atoms with Gasteiger partial charge in [-0.15, -0.1) is 0 Å². The van der Waals surface area contributed by atoms with Gasteiger partial charge in [0.15, 0.2) is 0 Å². The zero-order valence-electron chi connectivity index (χ0n) is 16.0. The van der Waals surface area contributed by atoms with Gasteiger partial charge < -0.3 is 24.5 Å². The SMILES string of the molecule is O=C(O)CC[C@H](CP(=O)(O)OC[C@@H]1CCCN1C(=O)Cc1ccccc1)C(=O)O. The van der Waals surface area contributed by atoms with Gasteiger partial charge in [-0.1, -0.05) is 30.3 Å². The fourth-order valence-corrected chi connectivity index (χ4v) is 4.74. The number of carboxylic acids is 2. The molecule has 1 amide bonds. The summed E-state index contributed by atoms with van der Waals surface area (Å²) in [5, 5.41) is 17.8. The van der Waals surface area contributed by atoms with E-state index in [9.17, 15) is 23.8 Å². The normalized spacial score (nSPS) is 19.5. The number of benzene rings is 1. The number of hydrogen-bond acceptors (Lipinski definition) is 5. The lowest BCUT2D eigenvalue weighted by Crippen LogP contribution is -2.39. The smallest absolute Gasteiger partial charge is 0.329 e. The van der Waals surface area contributed by atoms with Crippen LogP contribution in [0.2, 0.25) is 0 Å². The second-order valence-electron chi connectivity index (χ2n) is 7.13. The standard InChI is InChI=1S/C19H26NO8P/c21-17(11-14-5-2-1-3-6-14)20-10-4-7-16(20)12-28-29(26,27)13-15(19(24)25)8-9-18(22)23/h1-3,5-6,15-16H,4,7-13H2,(H,22,23)(H,24,25)(H,26,27)/t15-,16+/m1/s1. The first kappa shape index (κ1) is 23.1. The second kappa shape index (κ2) is 10.5. The van der Waals surface area contributed by atoms with E-state index in [2.05, 4.69) is 0 Å². The molecule has 1 aromatic rings. The molecule has 3 atom stereocenters. The molecule has 0 radical (unpaired) electrons. The Morgan fingerprint density at radius 1 is 1.21 bits per heavy atom. The largest absolute Gasteiger partial charge is 0.481 e. The molecular formula is C19H26NO8P. The van der Waals surface area contributed by atoms with Crippen molar-refractivity contribution < 1.29 is 38.6 Å². The van der Waals surface area contributed by atoms with Crippen LogP contribution in [0.4, 0.5) is 0 Å². The maximum Gasteiger partial charge on any atom is 0.329 e. The molecule has 1 heterocycles. The first-order chi connectivity index (χ1) is 13.7. The van der Waals surface area contributed by atoms with Crippen molar-refractivity contribution in [2.45, 2.75) is 38.1 Å². The van der Waals surface area contributed by atoms with Crippen LogP contribution in [-0.4, -0.2) is 63.2 Å². The summed E-state index contributed by atoms with van der Waals surface area (Å²) in [6.45, 7) is 0.366.